The van der Waals surface area contributed by atoms with Crippen LogP contribution in [0.5, 0.6) is 11.5 Å². The highest BCUT2D eigenvalue weighted by Crippen LogP contribution is 2.28. The second-order valence-electron chi connectivity index (χ2n) is 4.51. The van der Waals surface area contributed by atoms with E-state index in [9.17, 15) is 9.59 Å². The summed E-state index contributed by atoms with van der Waals surface area (Å²) in [5, 5.41) is 6.14. The van der Waals surface area contributed by atoms with E-state index < -0.39 is 11.8 Å². The lowest BCUT2D eigenvalue weighted by molar-refractivity contribution is -0.136. The number of pyridine rings is 1. The van der Waals surface area contributed by atoms with E-state index in [-0.39, 0.29) is 0 Å². The Morgan fingerprint density at radius 3 is 2.67 bits per heavy atom. The number of nitrogens with zero attached hydrogens (tertiary/aromatic N) is 2. The molecule has 2 rings (SSSR count). The van der Waals surface area contributed by atoms with Gasteiger partial charge >= 0.3 is 11.8 Å². The van der Waals surface area contributed by atoms with Crippen LogP contribution in [0.4, 0.5) is 5.69 Å². The van der Waals surface area contributed by atoms with Crippen molar-refractivity contribution in [3.05, 3.63) is 48.3 Å². The Hall–Kier alpha value is -3.42. The second-order valence-corrected chi connectivity index (χ2v) is 4.51. The van der Waals surface area contributed by atoms with Gasteiger partial charge in [0.1, 0.15) is 11.5 Å². The monoisotopic (exact) mass is 328 g/mol. The third-order valence-corrected chi connectivity index (χ3v) is 2.93. The van der Waals surface area contributed by atoms with Crippen molar-refractivity contribution in [2.24, 2.45) is 5.10 Å². The predicted molar refractivity (Wildman–Crippen MR) is 88.1 cm³/mol. The van der Waals surface area contributed by atoms with Crippen molar-refractivity contribution in [2.75, 3.05) is 19.5 Å². The third-order valence-electron chi connectivity index (χ3n) is 2.93. The van der Waals surface area contributed by atoms with Gasteiger partial charge in [0.25, 0.3) is 0 Å². The maximum Gasteiger partial charge on any atom is 0.329 e. The minimum atomic E-state index is -0.909. The van der Waals surface area contributed by atoms with Crippen molar-refractivity contribution in [3.63, 3.8) is 0 Å². The molecule has 8 heteroatoms. The number of carbonyl (C=O) groups is 2. The zero-order valence-corrected chi connectivity index (χ0v) is 13.1. The van der Waals surface area contributed by atoms with E-state index >= 15 is 0 Å². The molecule has 1 heterocycles. The first kappa shape index (κ1) is 16.9. The molecule has 1 aromatic carbocycles. The number of hydrogen-bond acceptors (Lipinski definition) is 6. The van der Waals surface area contributed by atoms with Crippen LogP contribution < -0.4 is 20.2 Å². The zero-order valence-electron chi connectivity index (χ0n) is 13.1. The number of ether oxygens (including phenoxy) is 2. The Labute approximate surface area is 138 Å². The molecule has 0 radical (unpaired) electrons. The fourth-order valence-corrected chi connectivity index (χ4v) is 1.75. The Kier molecular flexibility index (Phi) is 5.84. The Morgan fingerprint density at radius 1 is 1.17 bits per heavy atom. The highest BCUT2D eigenvalue weighted by molar-refractivity contribution is 6.39. The summed E-state index contributed by atoms with van der Waals surface area (Å²) in [5.74, 6) is -0.848. The Morgan fingerprint density at radius 2 is 2.00 bits per heavy atom. The standard InChI is InChI=1S/C16H16N4O4/c1-23-12-5-6-13(14(8-12)24-2)19-15(21)16(22)20-18-10-11-4-3-7-17-9-11/h3-10H,1-2H3,(H,19,21)(H,20,22)/b18-10-. The number of amides is 2. The molecule has 0 saturated carbocycles. The Balaban J connectivity index is 1.96. The molecular weight excluding hydrogens is 312 g/mol. The van der Waals surface area contributed by atoms with Crippen molar-refractivity contribution < 1.29 is 19.1 Å². The fraction of sp³-hybridized carbons (Fsp3) is 0.125. The maximum atomic E-state index is 11.9. The van der Waals surface area contributed by atoms with E-state index in [1.807, 2.05) is 0 Å². The van der Waals surface area contributed by atoms with Crippen LogP contribution in [-0.2, 0) is 9.59 Å². The lowest BCUT2D eigenvalue weighted by atomic mass is 10.2. The van der Waals surface area contributed by atoms with Crippen LogP contribution in [0.3, 0.4) is 0 Å². The van der Waals surface area contributed by atoms with Crippen LogP contribution in [0.25, 0.3) is 0 Å². The van der Waals surface area contributed by atoms with E-state index in [1.165, 1.54) is 20.4 Å². The normalized spacial score (nSPS) is 10.2. The number of hydrogen-bond donors (Lipinski definition) is 2. The number of benzene rings is 1. The smallest absolute Gasteiger partial charge is 0.329 e. The first-order valence-corrected chi connectivity index (χ1v) is 6.90. The molecule has 2 amide bonds. The number of methoxy groups -OCH3 is 2. The van der Waals surface area contributed by atoms with Gasteiger partial charge in [-0.15, -0.1) is 0 Å². The van der Waals surface area contributed by atoms with Crippen molar-refractivity contribution in [1.82, 2.24) is 10.4 Å². The summed E-state index contributed by atoms with van der Waals surface area (Å²) in [6.07, 6.45) is 4.57. The number of rotatable bonds is 5. The van der Waals surface area contributed by atoms with Gasteiger partial charge in [-0.05, 0) is 18.2 Å². The molecule has 124 valence electrons. The summed E-state index contributed by atoms with van der Waals surface area (Å²) in [4.78, 5) is 27.5. The molecular formula is C16H16N4O4. The molecule has 0 aliphatic rings. The minimum Gasteiger partial charge on any atom is -0.497 e. The average Bonchev–Trinajstić information content (AvgIpc) is 2.62. The van der Waals surface area contributed by atoms with Gasteiger partial charge in [0.05, 0.1) is 26.1 Å². The largest absolute Gasteiger partial charge is 0.497 e. The highest BCUT2D eigenvalue weighted by Gasteiger charge is 2.15. The molecule has 0 atom stereocenters. The lowest BCUT2D eigenvalue weighted by Gasteiger charge is -2.10. The SMILES string of the molecule is COc1ccc(NC(=O)C(=O)N/N=C\c2cccnc2)c(OC)c1. The minimum absolute atomic E-state index is 0.342. The summed E-state index contributed by atoms with van der Waals surface area (Å²) < 4.78 is 10.2. The Bertz CT molecular complexity index is 747. The van der Waals surface area contributed by atoms with Crippen molar-refractivity contribution in [1.29, 1.82) is 0 Å². The van der Waals surface area contributed by atoms with Crippen LogP contribution in [0.2, 0.25) is 0 Å². The molecule has 1 aromatic heterocycles. The van der Waals surface area contributed by atoms with Gasteiger partial charge in [-0.1, -0.05) is 6.07 Å². The van der Waals surface area contributed by atoms with E-state index in [1.54, 1.807) is 42.7 Å². The molecule has 0 saturated heterocycles. The van der Waals surface area contributed by atoms with Crippen LogP contribution >= 0.6 is 0 Å². The second kappa shape index (κ2) is 8.28. The summed E-state index contributed by atoms with van der Waals surface area (Å²) in [7, 11) is 2.96. The number of hydrazone groups is 1. The zero-order chi connectivity index (χ0) is 17.4. The van der Waals surface area contributed by atoms with Gasteiger partial charge in [0.15, 0.2) is 0 Å². The quantitative estimate of drug-likeness (QED) is 0.488. The molecule has 0 fully saturated rings. The number of nitrogens with one attached hydrogen (secondary N) is 2. The molecule has 2 N–H and O–H groups in total. The summed E-state index contributed by atoms with van der Waals surface area (Å²) in [5.41, 5.74) is 3.17. The van der Waals surface area contributed by atoms with Gasteiger partial charge in [0, 0.05) is 24.0 Å². The maximum absolute atomic E-state index is 11.9. The topological polar surface area (TPSA) is 102 Å². The molecule has 24 heavy (non-hydrogen) atoms. The van der Waals surface area contributed by atoms with Crippen molar-refractivity contribution in [2.45, 2.75) is 0 Å². The first-order chi connectivity index (χ1) is 11.6. The lowest BCUT2D eigenvalue weighted by Crippen LogP contribution is -2.32. The van der Waals surface area contributed by atoms with Crippen LogP contribution in [0, 0.1) is 0 Å². The summed E-state index contributed by atoms with van der Waals surface area (Å²) in [6, 6.07) is 8.28. The van der Waals surface area contributed by atoms with Gasteiger partial charge in [-0.25, -0.2) is 5.43 Å². The summed E-state index contributed by atoms with van der Waals surface area (Å²) >= 11 is 0. The van der Waals surface area contributed by atoms with Crippen molar-refractivity contribution >= 4 is 23.7 Å². The van der Waals surface area contributed by atoms with Crippen molar-refractivity contribution in [3.8, 4) is 11.5 Å². The third kappa shape index (κ3) is 4.54. The molecule has 0 aliphatic heterocycles. The van der Waals surface area contributed by atoms with E-state index in [0.29, 0.717) is 22.7 Å². The van der Waals surface area contributed by atoms with E-state index in [2.05, 4.69) is 20.8 Å². The van der Waals surface area contributed by atoms with Gasteiger partial charge in [-0.2, -0.15) is 5.10 Å². The van der Waals surface area contributed by atoms with E-state index in [0.717, 1.165) is 0 Å². The number of carbonyl (C=O) groups excluding carboxylic acids is 2. The van der Waals surface area contributed by atoms with E-state index in [4.69, 9.17) is 9.47 Å². The molecule has 0 bridgehead atoms. The van der Waals surface area contributed by atoms with Gasteiger partial charge in [-0.3, -0.25) is 14.6 Å². The molecule has 8 nitrogen and oxygen atoms in total. The molecule has 0 aliphatic carbocycles. The molecule has 2 aromatic rings. The van der Waals surface area contributed by atoms with Gasteiger partial charge in [0.2, 0.25) is 0 Å². The molecule has 0 unspecified atom stereocenters. The number of anilines is 1. The first-order valence-electron chi connectivity index (χ1n) is 6.90. The number of aromatic nitrogens is 1. The highest BCUT2D eigenvalue weighted by atomic mass is 16.5. The fourth-order valence-electron chi connectivity index (χ4n) is 1.75. The molecule has 0 spiro atoms. The van der Waals surface area contributed by atoms with Crippen LogP contribution in [0.1, 0.15) is 5.56 Å². The van der Waals surface area contributed by atoms with Crippen LogP contribution in [-0.4, -0.2) is 37.2 Å². The average molecular weight is 328 g/mol. The van der Waals surface area contributed by atoms with Gasteiger partial charge < -0.3 is 14.8 Å². The predicted octanol–water partition coefficient (Wildman–Crippen LogP) is 1.19. The summed E-state index contributed by atoms with van der Waals surface area (Å²) in [6.45, 7) is 0. The van der Waals surface area contributed by atoms with Crippen LogP contribution in [0.15, 0.2) is 47.8 Å².